The van der Waals surface area contributed by atoms with Crippen LogP contribution in [-0.2, 0) is 25.6 Å². The second-order valence-corrected chi connectivity index (χ2v) is 12.7. The summed E-state index contributed by atoms with van der Waals surface area (Å²) >= 11 is 0. The van der Waals surface area contributed by atoms with Crippen LogP contribution in [0, 0.1) is 5.92 Å². The van der Waals surface area contributed by atoms with Crippen LogP contribution in [0.25, 0.3) is 10.8 Å². The van der Waals surface area contributed by atoms with E-state index in [1.165, 1.54) is 0 Å². The van der Waals surface area contributed by atoms with Gasteiger partial charge in [0.2, 0.25) is 23.6 Å². The minimum Gasteiger partial charge on any atom is -0.344 e. The summed E-state index contributed by atoms with van der Waals surface area (Å²) in [5.74, 6) is -1.87. The average Bonchev–Trinajstić information content (AvgIpc) is 3.15. The van der Waals surface area contributed by atoms with E-state index in [1.54, 1.807) is 13.1 Å². The molecule has 0 unspecified atom stereocenters. The first-order valence-electron chi connectivity index (χ1n) is 17.6. The molecule has 1 aromatic heterocycles. The molecule has 0 aliphatic rings. The number of nitrogens with one attached hydrogen (secondary N) is 4. The predicted octanol–water partition coefficient (Wildman–Crippen LogP) is 4.72. The summed E-state index contributed by atoms with van der Waals surface area (Å²) in [5, 5.41) is 13.8. The number of carbonyl (C=O) groups excluding carboxylic acids is 4. The maximum Gasteiger partial charge on any atom is 0.243 e. The van der Waals surface area contributed by atoms with E-state index in [-0.39, 0.29) is 30.6 Å². The maximum absolute atomic E-state index is 14.0. The normalized spacial score (nSPS) is 13.5. The summed E-state index contributed by atoms with van der Waals surface area (Å²) in [6, 6.07) is 25.8. The van der Waals surface area contributed by atoms with Crippen molar-refractivity contribution in [3.63, 3.8) is 0 Å². The molecule has 4 atom stereocenters. The van der Waals surface area contributed by atoms with E-state index in [2.05, 4.69) is 26.3 Å². The van der Waals surface area contributed by atoms with Crippen molar-refractivity contribution in [2.24, 2.45) is 11.7 Å². The van der Waals surface area contributed by atoms with Crippen molar-refractivity contribution in [2.75, 3.05) is 6.54 Å². The van der Waals surface area contributed by atoms with E-state index >= 15 is 0 Å². The molecule has 0 aliphatic carbocycles. The highest BCUT2D eigenvalue weighted by molar-refractivity contribution is 5.94. The Kier molecular flexibility index (Phi) is 14.5. The minimum atomic E-state index is -0.961. The van der Waals surface area contributed by atoms with Gasteiger partial charge >= 0.3 is 0 Å². The van der Waals surface area contributed by atoms with Crippen LogP contribution in [0.3, 0.4) is 0 Å². The fourth-order valence-corrected chi connectivity index (χ4v) is 5.83. The van der Waals surface area contributed by atoms with Gasteiger partial charge in [0.15, 0.2) is 0 Å². The van der Waals surface area contributed by atoms with Gasteiger partial charge in [-0.3, -0.25) is 24.2 Å². The Labute approximate surface area is 295 Å². The standard InChI is InChI=1S/C40H50N6O4/c1-4-27(3)36(45-39(49)34(43-35(47)5-2)25-32-24-30-20-12-13-21-31(30)26-42-32)40(50)44-33(22-14-15-23-41)38(48)46-37(28-16-8-6-9-17-28)29-18-10-7-11-19-29/h6-13,16-21,24,26-27,33-34,36-37H,4-5,14-15,22-23,25,41H2,1-3H3,(H,43,47)(H,44,50)(H,45,49)(H,46,48)/t27-,33-,34-,36-/m0/s1. The number of benzene rings is 3. The lowest BCUT2D eigenvalue weighted by molar-refractivity contribution is -0.134. The predicted molar refractivity (Wildman–Crippen MR) is 197 cm³/mol. The first-order valence-corrected chi connectivity index (χ1v) is 17.6. The number of rotatable bonds is 18. The van der Waals surface area contributed by atoms with Crippen molar-refractivity contribution in [1.29, 1.82) is 0 Å². The largest absolute Gasteiger partial charge is 0.344 e. The number of unbranched alkanes of at least 4 members (excludes halogenated alkanes) is 1. The number of hydrogen-bond donors (Lipinski definition) is 5. The summed E-state index contributed by atoms with van der Waals surface area (Å²) in [5.41, 5.74) is 8.22. The summed E-state index contributed by atoms with van der Waals surface area (Å²) in [7, 11) is 0. The van der Waals surface area contributed by atoms with Crippen LogP contribution in [0.5, 0.6) is 0 Å². The van der Waals surface area contributed by atoms with Crippen molar-refractivity contribution in [2.45, 2.75) is 83.5 Å². The third-order valence-corrected chi connectivity index (χ3v) is 9.00. The zero-order valence-electron chi connectivity index (χ0n) is 29.2. The summed E-state index contributed by atoms with van der Waals surface area (Å²) in [6.45, 7) is 5.98. The van der Waals surface area contributed by atoms with E-state index in [0.717, 1.165) is 21.9 Å². The average molecular weight is 679 g/mol. The third-order valence-electron chi connectivity index (χ3n) is 9.00. The molecule has 0 bridgehead atoms. The van der Waals surface area contributed by atoms with Crippen LogP contribution in [0.4, 0.5) is 0 Å². The van der Waals surface area contributed by atoms with E-state index in [4.69, 9.17) is 5.73 Å². The molecule has 50 heavy (non-hydrogen) atoms. The van der Waals surface area contributed by atoms with Gasteiger partial charge in [-0.05, 0) is 54.3 Å². The van der Waals surface area contributed by atoms with E-state index < -0.39 is 36.0 Å². The van der Waals surface area contributed by atoms with Crippen molar-refractivity contribution in [3.8, 4) is 0 Å². The Morgan fingerprint density at radius 3 is 1.90 bits per heavy atom. The van der Waals surface area contributed by atoms with Crippen LogP contribution in [0.2, 0.25) is 0 Å². The third kappa shape index (κ3) is 10.7. The molecule has 4 rings (SSSR count). The number of nitrogens with two attached hydrogens (primary N) is 1. The second kappa shape index (κ2) is 19.2. The second-order valence-electron chi connectivity index (χ2n) is 12.7. The lowest BCUT2D eigenvalue weighted by Crippen LogP contribution is -2.59. The molecule has 0 fully saturated rings. The molecular formula is C40H50N6O4. The van der Waals surface area contributed by atoms with Crippen LogP contribution in [0.15, 0.2) is 97.2 Å². The van der Waals surface area contributed by atoms with Crippen molar-refractivity contribution >= 4 is 34.4 Å². The Bertz CT molecular complexity index is 1660. The number of pyridine rings is 1. The molecule has 4 amide bonds. The lowest BCUT2D eigenvalue weighted by Gasteiger charge is -2.29. The van der Waals surface area contributed by atoms with Gasteiger partial charge in [-0.2, -0.15) is 0 Å². The number of aromatic nitrogens is 1. The zero-order valence-corrected chi connectivity index (χ0v) is 29.2. The van der Waals surface area contributed by atoms with Crippen molar-refractivity contribution in [3.05, 3.63) is 114 Å². The zero-order chi connectivity index (χ0) is 35.9. The minimum absolute atomic E-state index is 0.141. The Hall–Kier alpha value is -5.09. The highest BCUT2D eigenvalue weighted by Crippen LogP contribution is 2.22. The van der Waals surface area contributed by atoms with Crippen LogP contribution < -0.4 is 27.0 Å². The molecule has 3 aromatic carbocycles. The van der Waals surface area contributed by atoms with Crippen molar-refractivity contribution in [1.82, 2.24) is 26.3 Å². The number of nitrogens with zero attached hydrogens (tertiary/aromatic N) is 1. The van der Waals surface area contributed by atoms with Gasteiger partial charge in [0.1, 0.15) is 18.1 Å². The quantitative estimate of drug-likeness (QED) is 0.0960. The molecule has 1 heterocycles. The smallest absolute Gasteiger partial charge is 0.243 e. The molecular weight excluding hydrogens is 628 g/mol. The van der Waals surface area contributed by atoms with Crippen LogP contribution in [-0.4, -0.2) is 53.3 Å². The topological polar surface area (TPSA) is 155 Å². The summed E-state index contributed by atoms with van der Waals surface area (Å²) in [4.78, 5) is 58.9. The van der Waals surface area contributed by atoms with Gasteiger partial charge in [0.05, 0.1) is 6.04 Å². The van der Waals surface area contributed by atoms with Gasteiger partial charge in [-0.25, -0.2) is 0 Å². The van der Waals surface area contributed by atoms with E-state index in [9.17, 15) is 19.2 Å². The first kappa shape index (κ1) is 37.7. The summed E-state index contributed by atoms with van der Waals surface area (Å²) < 4.78 is 0. The molecule has 264 valence electrons. The molecule has 10 nitrogen and oxygen atoms in total. The Morgan fingerprint density at radius 2 is 1.30 bits per heavy atom. The fraction of sp³-hybridized carbons (Fsp3) is 0.375. The van der Waals surface area contributed by atoms with Gasteiger partial charge in [0.25, 0.3) is 0 Å². The van der Waals surface area contributed by atoms with Gasteiger partial charge in [-0.1, -0.05) is 112 Å². The number of carbonyl (C=O) groups is 4. The lowest BCUT2D eigenvalue weighted by atomic mass is 9.96. The SMILES string of the molecule is CCC(=O)N[C@@H](Cc1cc2ccccc2cn1)C(=O)N[C@H](C(=O)N[C@@H](CCCCN)C(=O)NC(c1ccccc1)c1ccccc1)[C@@H](C)CC. The highest BCUT2D eigenvalue weighted by atomic mass is 16.2. The first-order chi connectivity index (χ1) is 24.2. The number of amides is 4. The fourth-order valence-electron chi connectivity index (χ4n) is 5.83. The Morgan fingerprint density at radius 1 is 0.700 bits per heavy atom. The Balaban J connectivity index is 1.55. The van der Waals surface area contributed by atoms with Gasteiger partial charge in [-0.15, -0.1) is 0 Å². The summed E-state index contributed by atoms with van der Waals surface area (Å²) in [6.07, 6.45) is 4.35. The van der Waals surface area contributed by atoms with Crippen molar-refractivity contribution < 1.29 is 19.2 Å². The molecule has 4 aromatic rings. The van der Waals surface area contributed by atoms with Gasteiger partial charge in [0, 0.05) is 30.1 Å². The maximum atomic E-state index is 14.0. The molecule has 0 radical (unpaired) electrons. The molecule has 0 spiro atoms. The van der Waals surface area contributed by atoms with E-state index in [0.29, 0.717) is 37.9 Å². The highest BCUT2D eigenvalue weighted by Gasteiger charge is 2.33. The number of hydrogen-bond acceptors (Lipinski definition) is 6. The molecule has 10 heteroatoms. The molecule has 6 N–H and O–H groups in total. The number of fused-ring (bicyclic) bond motifs is 1. The van der Waals surface area contributed by atoms with Gasteiger partial charge < -0.3 is 27.0 Å². The van der Waals surface area contributed by atoms with E-state index in [1.807, 2.05) is 105 Å². The monoisotopic (exact) mass is 678 g/mol. The van der Waals surface area contributed by atoms with Crippen LogP contribution >= 0.6 is 0 Å². The molecule has 0 saturated carbocycles. The molecule has 0 aliphatic heterocycles. The molecule has 0 saturated heterocycles. The van der Waals surface area contributed by atoms with Crippen LogP contribution in [0.1, 0.15) is 75.7 Å².